The number of nitrogens with one attached hydrogen (secondary N) is 1. The maximum absolute atomic E-state index is 6.00. The molecule has 0 spiro atoms. The van der Waals surface area contributed by atoms with Gasteiger partial charge in [0.05, 0.1) is 13.7 Å². The third-order valence-corrected chi connectivity index (χ3v) is 4.45. The predicted molar refractivity (Wildman–Crippen MR) is 107 cm³/mol. The van der Waals surface area contributed by atoms with E-state index < -0.39 is 0 Å². The first-order valence-corrected chi connectivity index (χ1v) is 9.00. The fourth-order valence-corrected chi connectivity index (χ4v) is 3.00. The third-order valence-electron chi connectivity index (χ3n) is 4.45. The molecule has 0 aliphatic carbocycles. The Hall–Kier alpha value is -1.91. The lowest BCUT2D eigenvalue weighted by Gasteiger charge is -2.21. The molecule has 1 N–H and O–H groups in total. The van der Waals surface area contributed by atoms with Gasteiger partial charge in [0, 0.05) is 6.04 Å². The predicted octanol–water partition coefficient (Wildman–Crippen LogP) is 4.04. The number of fused-ring (bicyclic) bond motifs is 1. The highest BCUT2D eigenvalue weighted by molar-refractivity contribution is 5.85. The van der Waals surface area contributed by atoms with Crippen LogP contribution in [0, 0.1) is 0 Å². The molecule has 2 aromatic rings. The molecule has 0 radical (unpaired) electrons. The van der Waals surface area contributed by atoms with Crippen LogP contribution >= 0.6 is 12.4 Å². The van der Waals surface area contributed by atoms with Crippen LogP contribution in [0.15, 0.2) is 42.5 Å². The molecular formula is C21H28ClNO3. The van der Waals surface area contributed by atoms with Crippen molar-refractivity contribution < 1.29 is 14.2 Å². The molecule has 2 aromatic carbocycles. The molecular weight excluding hydrogens is 350 g/mol. The Labute approximate surface area is 162 Å². The van der Waals surface area contributed by atoms with Crippen LogP contribution in [0.2, 0.25) is 0 Å². The molecule has 5 heteroatoms. The van der Waals surface area contributed by atoms with Gasteiger partial charge in [-0.15, -0.1) is 12.4 Å². The molecule has 1 heterocycles. The number of rotatable bonds is 8. The third kappa shape index (κ3) is 5.55. The van der Waals surface area contributed by atoms with Crippen LogP contribution in [-0.4, -0.2) is 32.9 Å². The number of aryl methyl sites for hydroxylation is 1. The second-order valence-corrected chi connectivity index (χ2v) is 6.46. The zero-order chi connectivity index (χ0) is 17.5. The largest absolute Gasteiger partial charge is 0.497 e. The van der Waals surface area contributed by atoms with Crippen LogP contribution in [0.3, 0.4) is 0 Å². The Morgan fingerprint density at radius 2 is 1.96 bits per heavy atom. The van der Waals surface area contributed by atoms with Gasteiger partial charge in [0.2, 0.25) is 0 Å². The van der Waals surface area contributed by atoms with Gasteiger partial charge in [-0.3, -0.25) is 0 Å². The average molecular weight is 378 g/mol. The van der Waals surface area contributed by atoms with Gasteiger partial charge in [0.1, 0.15) is 12.4 Å². The van der Waals surface area contributed by atoms with Gasteiger partial charge < -0.3 is 19.5 Å². The van der Waals surface area contributed by atoms with Crippen molar-refractivity contribution in [3.05, 3.63) is 53.6 Å². The standard InChI is InChI=1S/C21H27NO3.ClH/c1-16(22-13-12-17-8-10-19(23-2)11-9-17)15-25-20-7-3-5-18-6-4-14-24-21(18)20;/h3,5,7-11,16,22H,4,6,12-15H2,1-2H3;1H. The summed E-state index contributed by atoms with van der Waals surface area (Å²) in [4.78, 5) is 0. The summed E-state index contributed by atoms with van der Waals surface area (Å²) in [7, 11) is 1.69. The molecule has 0 saturated heterocycles. The monoisotopic (exact) mass is 377 g/mol. The molecule has 0 amide bonds. The van der Waals surface area contributed by atoms with E-state index in [4.69, 9.17) is 14.2 Å². The number of hydrogen-bond donors (Lipinski definition) is 1. The van der Waals surface area contributed by atoms with E-state index in [-0.39, 0.29) is 18.4 Å². The minimum Gasteiger partial charge on any atom is -0.497 e. The van der Waals surface area contributed by atoms with Gasteiger partial charge in [0.25, 0.3) is 0 Å². The molecule has 0 saturated carbocycles. The SMILES string of the molecule is COc1ccc(CCNC(C)COc2cccc3c2OCCC3)cc1.Cl. The Bertz CT molecular complexity index is 675. The van der Waals surface area contributed by atoms with E-state index in [1.807, 2.05) is 24.3 Å². The van der Waals surface area contributed by atoms with E-state index in [0.717, 1.165) is 49.7 Å². The zero-order valence-corrected chi connectivity index (χ0v) is 16.3. The number of ether oxygens (including phenoxy) is 3. The summed E-state index contributed by atoms with van der Waals surface area (Å²) in [6.45, 7) is 4.47. The lowest BCUT2D eigenvalue weighted by atomic mass is 10.1. The Morgan fingerprint density at radius 3 is 2.73 bits per heavy atom. The van der Waals surface area contributed by atoms with Crippen molar-refractivity contribution >= 4 is 12.4 Å². The maximum Gasteiger partial charge on any atom is 0.164 e. The minimum absolute atomic E-state index is 0. The average Bonchev–Trinajstić information content (AvgIpc) is 2.67. The van der Waals surface area contributed by atoms with E-state index in [2.05, 4.69) is 30.4 Å². The van der Waals surface area contributed by atoms with E-state index in [0.29, 0.717) is 6.61 Å². The van der Waals surface area contributed by atoms with Crippen molar-refractivity contribution in [2.24, 2.45) is 0 Å². The summed E-state index contributed by atoms with van der Waals surface area (Å²) in [6.07, 6.45) is 3.14. The zero-order valence-electron chi connectivity index (χ0n) is 15.5. The Kier molecular flexibility index (Phi) is 8.07. The van der Waals surface area contributed by atoms with Crippen molar-refractivity contribution in [3.8, 4) is 17.2 Å². The molecule has 1 aliphatic rings. The van der Waals surface area contributed by atoms with Crippen LogP contribution in [0.25, 0.3) is 0 Å². The first-order chi connectivity index (χ1) is 12.3. The van der Waals surface area contributed by atoms with Crippen LogP contribution in [0.4, 0.5) is 0 Å². The maximum atomic E-state index is 6.00. The van der Waals surface area contributed by atoms with Gasteiger partial charge in [-0.1, -0.05) is 24.3 Å². The van der Waals surface area contributed by atoms with Crippen LogP contribution in [-0.2, 0) is 12.8 Å². The summed E-state index contributed by atoms with van der Waals surface area (Å²) in [5.41, 5.74) is 2.55. The normalized spacial score (nSPS) is 13.8. The summed E-state index contributed by atoms with van der Waals surface area (Å²) in [5.74, 6) is 2.69. The summed E-state index contributed by atoms with van der Waals surface area (Å²) < 4.78 is 17.0. The lowest BCUT2D eigenvalue weighted by Crippen LogP contribution is -2.33. The number of hydrogen-bond acceptors (Lipinski definition) is 4. The molecule has 3 rings (SSSR count). The van der Waals surface area contributed by atoms with E-state index in [1.165, 1.54) is 11.1 Å². The number of halogens is 1. The number of benzene rings is 2. The van der Waals surface area contributed by atoms with Crippen molar-refractivity contribution in [2.45, 2.75) is 32.2 Å². The van der Waals surface area contributed by atoms with Crippen molar-refractivity contribution in [3.63, 3.8) is 0 Å². The quantitative estimate of drug-likeness (QED) is 0.753. The van der Waals surface area contributed by atoms with Crippen molar-refractivity contribution in [1.29, 1.82) is 0 Å². The van der Waals surface area contributed by atoms with E-state index >= 15 is 0 Å². The molecule has 1 unspecified atom stereocenters. The van der Waals surface area contributed by atoms with Gasteiger partial charge >= 0.3 is 0 Å². The smallest absolute Gasteiger partial charge is 0.164 e. The topological polar surface area (TPSA) is 39.7 Å². The molecule has 1 atom stereocenters. The molecule has 26 heavy (non-hydrogen) atoms. The van der Waals surface area contributed by atoms with Gasteiger partial charge in [-0.05, 0) is 62.1 Å². The molecule has 142 valence electrons. The fourth-order valence-electron chi connectivity index (χ4n) is 3.00. The summed E-state index contributed by atoms with van der Waals surface area (Å²) >= 11 is 0. The molecule has 1 aliphatic heterocycles. The summed E-state index contributed by atoms with van der Waals surface area (Å²) in [6, 6.07) is 14.7. The van der Waals surface area contributed by atoms with Gasteiger partial charge in [0.15, 0.2) is 11.5 Å². The van der Waals surface area contributed by atoms with Gasteiger partial charge in [-0.2, -0.15) is 0 Å². The lowest BCUT2D eigenvalue weighted by molar-refractivity contribution is 0.235. The van der Waals surface area contributed by atoms with E-state index in [9.17, 15) is 0 Å². The van der Waals surface area contributed by atoms with Crippen LogP contribution < -0.4 is 19.5 Å². The highest BCUT2D eigenvalue weighted by atomic mass is 35.5. The number of para-hydroxylation sites is 1. The molecule has 0 bridgehead atoms. The van der Waals surface area contributed by atoms with Crippen molar-refractivity contribution in [2.75, 3.05) is 26.9 Å². The molecule has 4 nitrogen and oxygen atoms in total. The minimum atomic E-state index is 0. The Morgan fingerprint density at radius 1 is 1.15 bits per heavy atom. The highest BCUT2D eigenvalue weighted by Crippen LogP contribution is 2.34. The molecule has 0 fully saturated rings. The molecule has 0 aromatic heterocycles. The van der Waals surface area contributed by atoms with Gasteiger partial charge in [-0.25, -0.2) is 0 Å². The first kappa shape index (κ1) is 20.4. The highest BCUT2D eigenvalue weighted by Gasteiger charge is 2.15. The fraction of sp³-hybridized carbons (Fsp3) is 0.429. The summed E-state index contributed by atoms with van der Waals surface area (Å²) in [5, 5.41) is 3.51. The second-order valence-electron chi connectivity index (χ2n) is 6.46. The first-order valence-electron chi connectivity index (χ1n) is 9.00. The van der Waals surface area contributed by atoms with E-state index in [1.54, 1.807) is 7.11 Å². The van der Waals surface area contributed by atoms with Crippen molar-refractivity contribution in [1.82, 2.24) is 5.32 Å². The Balaban J connectivity index is 0.00000243. The van der Waals surface area contributed by atoms with Crippen LogP contribution in [0.1, 0.15) is 24.5 Å². The second kappa shape index (κ2) is 10.3. The van der Waals surface area contributed by atoms with Crippen LogP contribution in [0.5, 0.6) is 17.2 Å². The number of methoxy groups -OCH3 is 1.